The Morgan fingerprint density at radius 3 is 2.79 bits per heavy atom. The van der Waals surface area contributed by atoms with Gasteiger partial charge in [-0.05, 0) is 25.0 Å². The highest BCUT2D eigenvalue weighted by Crippen LogP contribution is 2.08. The zero-order valence-electron chi connectivity index (χ0n) is 10.8. The van der Waals surface area contributed by atoms with Crippen molar-refractivity contribution in [2.45, 2.75) is 25.4 Å². The second kappa shape index (κ2) is 5.95. The van der Waals surface area contributed by atoms with Crippen LogP contribution >= 0.6 is 0 Å². The second-order valence-corrected chi connectivity index (χ2v) is 4.73. The van der Waals surface area contributed by atoms with Crippen LogP contribution in [-0.2, 0) is 11.3 Å². The van der Waals surface area contributed by atoms with Crippen molar-refractivity contribution in [1.29, 1.82) is 0 Å². The molecular weight excluding hydrogens is 240 g/mol. The summed E-state index contributed by atoms with van der Waals surface area (Å²) in [6.45, 7) is 2.47. The molecule has 2 aromatic rings. The van der Waals surface area contributed by atoms with Gasteiger partial charge in [-0.2, -0.15) is 15.0 Å². The minimum Gasteiger partial charge on any atom is -0.381 e. The maximum absolute atomic E-state index is 5.34. The highest BCUT2D eigenvalue weighted by atomic mass is 16.5. The van der Waals surface area contributed by atoms with Gasteiger partial charge in [-0.15, -0.1) is 0 Å². The molecule has 1 aliphatic heterocycles. The summed E-state index contributed by atoms with van der Waals surface area (Å²) in [5.74, 6) is 0. The van der Waals surface area contributed by atoms with Crippen molar-refractivity contribution in [3.05, 3.63) is 42.2 Å². The van der Waals surface area contributed by atoms with E-state index in [9.17, 15) is 0 Å². The quantitative estimate of drug-likeness (QED) is 0.903. The summed E-state index contributed by atoms with van der Waals surface area (Å²) in [6, 6.07) is 10.5. The molecule has 1 saturated heterocycles. The molecule has 1 aromatic carbocycles. The number of ether oxygens (including phenoxy) is 1. The molecule has 0 spiro atoms. The molecule has 0 bridgehead atoms. The van der Waals surface area contributed by atoms with Gasteiger partial charge < -0.3 is 10.1 Å². The SMILES string of the molecule is c1ccc(-n2ncc(CNC3CCOCC3)n2)cc1. The number of nitrogens with one attached hydrogen (secondary N) is 1. The fraction of sp³-hybridized carbons (Fsp3) is 0.429. The van der Waals surface area contributed by atoms with E-state index in [1.807, 2.05) is 36.5 Å². The molecule has 0 radical (unpaired) electrons. The fourth-order valence-corrected chi connectivity index (χ4v) is 2.21. The van der Waals surface area contributed by atoms with Crippen LogP contribution in [0.4, 0.5) is 0 Å². The fourth-order valence-electron chi connectivity index (χ4n) is 2.21. The maximum atomic E-state index is 5.34. The Morgan fingerprint density at radius 1 is 1.21 bits per heavy atom. The summed E-state index contributed by atoms with van der Waals surface area (Å²) in [6.07, 6.45) is 3.97. The van der Waals surface area contributed by atoms with Crippen LogP contribution in [0.3, 0.4) is 0 Å². The van der Waals surface area contributed by atoms with Crippen molar-refractivity contribution < 1.29 is 4.74 Å². The van der Waals surface area contributed by atoms with E-state index < -0.39 is 0 Å². The van der Waals surface area contributed by atoms with Gasteiger partial charge in [0.2, 0.25) is 0 Å². The predicted octanol–water partition coefficient (Wildman–Crippen LogP) is 1.54. The van der Waals surface area contributed by atoms with Crippen LogP contribution < -0.4 is 5.32 Å². The first-order valence-corrected chi connectivity index (χ1v) is 6.69. The van der Waals surface area contributed by atoms with Crippen LogP contribution in [-0.4, -0.2) is 34.2 Å². The monoisotopic (exact) mass is 258 g/mol. The van der Waals surface area contributed by atoms with Crippen LogP contribution in [0.15, 0.2) is 36.5 Å². The van der Waals surface area contributed by atoms with E-state index in [1.54, 1.807) is 4.80 Å². The third kappa shape index (κ3) is 3.19. The van der Waals surface area contributed by atoms with Gasteiger partial charge in [0.15, 0.2) is 0 Å². The molecule has 5 heteroatoms. The third-order valence-electron chi connectivity index (χ3n) is 3.32. The van der Waals surface area contributed by atoms with Gasteiger partial charge in [0.05, 0.1) is 17.6 Å². The Kier molecular flexibility index (Phi) is 3.86. The van der Waals surface area contributed by atoms with Gasteiger partial charge in [-0.1, -0.05) is 18.2 Å². The average molecular weight is 258 g/mol. The molecule has 100 valence electrons. The lowest BCUT2D eigenvalue weighted by Gasteiger charge is -2.22. The van der Waals surface area contributed by atoms with Crippen molar-refractivity contribution >= 4 is 0 Å². The lowest BCUT2D eigenvalue weighted by molar-refractivity contribution is 0.0775. The van der Waals surface area contributed by atoms with Crippen molar-refractivity contribution in [3.63, 3.8) is 0 Å². The number of para-hydroxylation sites is 1. The largest absolute Gasteiger partial charge is 0.381 e. The molecule has 0 unspecified atom stereocenters. The van der Waals surface area contributed by atoms with Gasteiger partial charge in [0, 0.05) is 25.8 Å². The van der Waals surface area contributed by atoms with Crippen LogP contribution in [0.25, 0.3) is 5.69 Å². The normalized spacial score (nSPS) is 16.6. The van der Waals surface area contributed by atoms with Crippen molar-refractivity contribution in [2.75, 3.05) is 13.2 Å². The van der Waals surface area contributed by atoms with E-state index in [0.717, 1.165) is 44.0 Å². The number of benzene rings is 1. The van der Waals surface area contributed by atoms with Crippen LogP contribution in [0.1, 0.15) is 18.5 Å². The van der Waals surface area contributed by atoms with Gasteiger partial charge in [0.1, 0.15) is 0 Å². The summed E-state index contributed by atoms with van der Waals surface area (Å²) >= 11 is 0. The molecule has 0 amide bonds. The molecule has 0 saturated carbocycles. The zero-order chi connectivity index (χ0) is 12.9. The van der Waals surface area contributed by atoms with Crippen molar-refractivity contribution in [1.82, 2.24) is 20.3 Å². The van der Waals surface area contributed by atoms with E-state index in [4.69, 9.17) is 4.74 Å². The molecule has 2 heterocycles. The summed E-state index contributed by atoms with van der Waals surface area (Å²) in [4.78, 5) is 1.67. The lowest BCUT2D eigenvalue weighted by Crippen LogP contribution is -2.34. The van der Waals surface area contributed by atoms with Gasteiger partial charge in [-0.25, -0.2) is 0 Å². The van der Waals surface area contributed by atoms with Crippen LogP contribution in [0, 0.1) is 0 Å². The van der Waals surface area contributed by atoms with Crippen LogP contribution in [0.2, 0.25) is 0 Å². The Hall–Kier alpha value is -1.72. The van der Waals surface area contributed by atoms with E-state index >= 15 is 0 Å². The Labute approximate surface area is 112 Å². The van der Waals surface area contributed by atoms with E-state index in [2.05, 4.69) is 15.5 Å². The first kappa shape index (κ1) is 12.3. The maximum Gasteiger partial charge on any atom is 0.0969 e. The van der Waals surface area contributed by atoms with Crippen molar-refractivity contribution in [2.24, 2.45) is 0 Å². The first-order valence-electron chi connectivity index (χ1n) is 6.69. The number of nitrogens with zero attached hydrogens (tertiary/aromatic N) is 3. The van der Waals surface area contributed by atoms with Crippen LogP contribution in [0.5, 0.6) is 0 Å². The third-order valence-corrected chi connectivity index (χ3v) is 3.32. The molecule has 19 heavy (non-hydrogen) atoms. The first-order chi connectivity index (χ1) is 9.42. The van der Waals surface area contributed by atoms with E-state index in [0.29, 0.717) is 6.04 Å². The van der Waals surface area contributed by atoms with Gasteiger partial charge in [0.25, 0.3) is 0 Å². The summed E-state index contributed by atoms with van der Waals surface area (Å²) in [5.41, 5.74) is 1.95. The van der Waals surface area contributed by atoms with Gasteiger partial charge >= 0.3 is 0 Å². The molecular formula is C14H18N4O. The Bertz CT molecular complexity index is 505. The number of rotatable bonds is 4. The summed E-state index contributed by atoms with van der Waals surface area (Å²) < 4.78 is 5.34. The zero-order valence-corrected chi connectivity index (χ0v) is 10.8. The van der Waals surface area contributed by atoms with Gasteiger partial charge in [-0.3, -0.25) is 0 Å². The molecule has 5 nitrogen and oxygen atoms in total. The molecule has 1 aliphatic rings. The average Bonchev–Trinajstić information content (AvgIpc) is 2.96. The highest BCUT2D eigenvalue weighted by molar-refractivity contribution is 5.28. The molecule has 1 N–H and O–H groups in total. The van der Waals surface area contributed by atoms with E-state index in [1.165, 1.54) is 0 Å². The summed E-state index contributed by atoms with van der Waals surface area (Å²) in [5, 5.41) is 12.3. The van der Waals surface area contributed by atoms with E-state index in [-0.39, 0.29) is 0 Å². The number of hydrogen-bond acceptors (Lipinski definition) is 4. The number of hydrogen-bond donors (Lipinski definition) is 1. The number of aromatic nitrogens is 3. The minimum absolute atomic E-state index is 0.538. The molecule has 0 aliphatic carbocycles. The second-order valence-electron chi connectivity index (χ2n) is 4.73. The standard InChI is InChI=1S/C14H18N4O/c1-2-4-14(5-3-1)18-16-11-13(17-18)10-15-12-6-8-19-9-7-12/h1-5,11-12,15H,6-10H2. The predicted molar refractivity (Wildman–Crippen MR) is 72.0 cm³/mol. The Balaban J connectivity index is 1.59. The Morgan fingerprint density at radius 2 is 2.00 bits per heavy atom. The van der Waals surface area contributed by atoms with Crippen molar-refractivity contribution in [3.8, 4) is 5.69 Å². The highest BCUT2D eigenvalue weighted by Gasteiger charge is 2.13. The molecule has 0 atom stereocenters. The summed E-state index contributed by atoms with van der Waals surface area (Å²) in [7, 11) is 0. The molecule has 1 aromatic heterocycles. The molecule has 3 rings (SSSR count). The molecule has 1 fully saturated rings. The smallest absolute Gasteiger partial charge is 0.0969 e. The topological polar surface area (TPSA) is 52.0 Å². The lowest BCUT2D eigenvalue weighted by atomic mass is 10.1. The minimum atomic E-state index is 0.538.